The summed E-state index contributed by atoms with van der Waals surface area (Å²) >= 11 is 0. The average molecular weight is 308 g/mol. The molecule has 0 aliphatic rings. The Bertz CT molecular complexity index is 692. The number of aryl methyl sites for hydroxylation is 1. The first-order valence-corrected chi connectivity index (χ1v) is 6.52. The molecule has 0 aromatic carbocycles. The van der Waals surface area contributed by atoms with E-state index in [1.807, 2.05) is 6.92 Å². The molecule has 0 saturated carbocycles. The molecule has 10 nitrogen and oxygen atoms in total. The summed E-state index contributed by atoms with van der Waals surface area (Å²) in [6, 6.07) is 1.79. The summed E-state index contributed by atoms with van der Waals surface area (Å²) in [5.41, 5.74) is -0.00968. The van der Waals surface area contributed by atoms with Gasteiger partial charge in [-0.2, -0.15) is 5.10 Å². The highest BCUT2D eigenvalue weighted by Crippen LogP contribution is 2.28. The number of rotatable bonds is 6. The Kier molecular flexibility index (Phi) is 4.39. The van der Waals surface area contributed by atoms with Crippen LogP contribution in [0.2, 0.25) is 0 Å². The van der Waals surface area contributed by atoms with E-state index in [2.05, 4.69) is 15.3 Å². The van der Waals surface area contributed by atoms with Crippen LogP contribution >= 0.6 is 0 Å². The maximum absolute atomic E-state index is 12.3. The summed E-state index contributed by atoms with van der Waals surface area (Å²) in [4.78, 5) is 24.0. The zero-order valence-corrected chi connectivity index (χ0v) is 12.4. The number of methoxy groups -OCH3 is 1. The van der Waals surface area contributed by atoms with E-state index in [4.69, 9.17) is 4.74 Å². The van der Waals surface area contributed by atoms with Crippen molar-refractivity contribution in [2.45, 2.75) is 20.0 Å². The van der Waals surface area contributed by atoms with Gasteiger partial charge in [0, 0.05) is 19.8 Å². The number of carbonyl (C=O) groups is 1. The molecule has 0 aliphatic carbocycles. The van der Waals surface area contributed by atoms with Crippen LogP contribution < -0.4 is 4.74 Å². The summed E-state index contributed by atoms with van der Waals surface area (Å²) in [6.45, 7) is 2.90. The van der Waals surface area contributed by atoms with Gasteiger partial charge in [0.15, 0.2) is 0 Å². The molecular weight excluding hydrogens is 292 g/mol. The number of ether oxygens (including phenoxy) is 1. The highest BCUT2D eigenvalue weighted by Gasteiger charge is 2.31. The quantitative estimate of drug-likeness (QED) is 0.623. The van der Waals surface area contributed by atoms with Crippen LogP contribution in [0.5, 0.6) is 5.88 Å². The van der Waals surface area contributed by atoms with Gasteiger partial charge in [0.2, 0.25) is 5.69 Å². The Hall–Kier alpha value is -2.91. The predicted octanol–water partition coefficient (Wildman–Crippen LogP) is 0.815. The molecule has 0 atom stereocenters. The molecule has 1 amide bonds. The van der Waals surface area contributed by atoms with Crippen molar-refractivity contribution in [2.75, 3.05) is 14.2 Å². The summed E-state index contributed by atoms with van der Waals surface area (Å²) in [6.07, 6.45) is 1.80. The first-order valence-electron chi connectivity index (χ1n) is 6.52. The number of aromatic nitrogens is 4. The SMILES string of the molecule is CCn1ccc(CN(C)C(=O)c2[nH]nc(OC)c2[N+](=O)[O-])n1. The third-order valence-corrected chi connectivity index (χ3v) is 3.06. The van der Waals surface area contributed by atoms with Crippen molar-refractivity contribution < 1.29 is 14.5 Å². The average Bonchev–Trinajstić information content (AvgIpc) is 3.12. The van der Waals surface area contributed by atoms with Crippen molar-refractivity contribution in [3.05, 3.63) is 33.8 Å². The van der Waals surface area contributed by atoms with Crippen molar-refractivity contribution in [2.24, 2.45) is 0 Å². The van der Waals surface area contributed by atoms with Gasteiger partial charge in [-0.3, -0.25) is 24.7 Å². The van der Waals surface area contributed by atoms with Crippen LogP contribution in [0.4, 0.5) is 5.69 Å². The summed E-state index contributed by atoms with van der Waals surface area (Å²) in [5.74, 6) is -0.787. The highest BCUT2D eigenvalue weighted by molar-refractivity contribution is 5.96. The monoisotopic (exact) mass is 308 g/mol. The van der Waals surface area contributed by atoms with E-state index in [1.54, 1.807) is 16.9 Å². The fourth-order valence-corrected chi connectivity index (χ4v) is 1.95. The number of hydrogen-bond acceptors (Lipinski definition) is 6. The Morgan fingerprint density at radius 3 is 2.86 bits per heavy atom. The molecule has 0 spiro atoms. The van der Waals surface area contributed by atoms with Gasteiger partial charge in [0.25, 0.3) is 5.91 Å². The predicted molar refractivity (Wildman–Crippen MR) is 75.5 cm³/mol. The lowest BCUT2D eigenvalue weighted by Gasteiger charge is -2.14. The van der Waals surface area contributed by atoms with E-state index >= 15 is 0 Å². The zero-order chi connectivity index (χ0) is 16.3. The largest absolute Gasteiger partial charge is 0.475 e. The van der Waals surface area contributed by atoms with E-state index in [1.165, 1.54) is 19.1 Å². The highest BCUT2D eigenvalue weighted by atomic mass is 16.6. The van der Waals surface area contributed by atoms with Gasteiger partial charge in [0.1, 0.15) is 0 Å². The summed E-state index contributed by atoms with van der Waals surface area (Å²) in [5, 5.41) is 21.3. The van der Waals surface area contributed by atoms with Crippen molar-refractivity contribution in [1.82, 2.24) is 24.9 Å². The lowest BCUT2D eigenvalue weighted by Crippen LogP contribution is -2.27. The molecule has 0 fully saturated rings. The van der Waals surface area contributed by atoms with E-state index in [9.17, 15) is 14.9 Å². The minimum atomic E-state index is -0.699. The van der Waals surface area contributed by atoms with Crippen LogP contribution in [0.1, 0.15) is 23.1 Å². The molecule has 22 heavy (non-hydrogen) atoms. The van der Waals surface area contributed by atoms with E-state index < -0.39 is 16.5 Å². The summed E-state index contributed by atoms with van der Waals surface area (Å²) in [7, 11) is 2.78. The van der Waals surface area contributed by atoms with Gasteiger partial charge in [0.05, 0.1) is 24.3 Å². The number of amides is 1. The van der Waals surface area contributed by atoms with E-state index in [0.29, 0.717) is 5.69 Å². The van der Waals surface area contributed by atoms with Crippen molar-refractivity contribution in [1.29, 1.82) is 0 Å². The molecule has 2 rings (SSSR count). The molecule has 0 unspecified atom stereocenters. The third kappa shape index (κ3) is 2.90. The molecule has 10 heteroatoms. The smallest absolute Gasteiger partial charge is 0.362 e. The summed E-state index contributed by atoms with van der Waals surface area (Å²) < 4.78 is 6.51. The molecule has 0 bridgehead atoms. The normalized spacial score (nSPS) is 10.5. The maximum Gasteiger partial charge on any atom is 0.362 e. The van der Waals surface area contributed by atoms with Gasteiger partial charge in [-0.15, -0.1) is 5.10 Å². The molecule has 2 aromatic heterocycles. The molecule has 2 heterocycles. The maximum atomic E-state index is 12.3. The zero-order valence-electron chi connectivity index (χ0n) is 12.4. The molecular formula is C12H16N6O4. The number of carbonyl (C=O) groups excluding carboxylic acids is 1. The minimum absolute atomic E-state index is 0.223. The fourth-order valence-electron chi connectivity index (χ4n) is 1.95. The van der Waals surface area contributed by atoms with Gasteiger partial charge in [-0.25, -0.2) is 0 Å². The molecule has 0 saturated heterocycles. The second kappa shape index (κ2) is 6.24. The second-order valence-electron chi connectivity index (χ2n) is 4.54. The first kappa shape index (κ1) is 15.5. The van der Waals surface area contributed by atoms with Gasteiger partial charge < -0.3 is 9.64 Å². The number of nitrogens with zero attached hydrogens (tertiary/aromatic N) is 5. The topological polar surface area (TPSA) is 119 Å². The Labute approximate surface area is 125 Å². The number of nitro groups is 1. The molecule has 118 valence electrons. The fraction of sp³-hybridized carbons (Fsp3) is 0.417. The van der Waals surface area contributed by atoms with Crippen LogP contribution in [-0.4, -0.2) is 49.9 Å². The van der Waals surface area contributed by atoms with Crippen LogP contribution in [0, 0.1) is 10.1 Å². The van der Waals surface area contributed by atoms with Crippen molar-refractivity contribution >= 4 is 11.6 Å². The van der Waals surface area contributed by atoms with Crippen LogP contribution in [0.15, 0.2) is 12.3 Å². The first-order chi connectivity index (χ1) is 10.5. The standard InChI is InChI=1S/C12H16N6O4/c1-4-17-6-5-8(15-17)7-16(2)12(19)9-10(18(20)21)11(22-3)14-13-9/h5-6H,4,7H2,1-3H3,(H,13,14). The number of aromatic amines is 1. The number of nitrogens with one attached hydrogen (secondary N) is 1. The van der Waals surface area contributed by atoms with Crippen molar-refractivity contribution in [3.8, 4) is 5.88 Å². The van der Waals surface area contributed by atoms with Gasteiger partial charge in [-0.1, -0.05) is 0 Å². The molecule has 0 radical (unpaired) electrons. The Balaban J connectivity index is 2.20. The molecule has 1 N–H and O–H groups in total. The van der Waals surface area contributed by atoms with Gasteiger partial charge >= 0.3 is 11.6 Å². The van der Waals surface area contributed by atoms with Gasteiger partial charge in [-0.05, 0) is 13.0 Å². The second-order valence-corrected chi connectivity index (χ2v) is 4.54. The van der Waals surface area contributed by atoms with Crippen LogP contribution in [-0.2, 0) is 13.1 Å². The Morgan fingerprint density at radius 2 is 2.32 bits per heavy atom. The van der Waals surface area contributed by atoms with E-state index in [-0.39, 0.29) is 18.1 Å². The molecule has 0 aliphatic heterocycles. The Morgan fingerprint density at radius 1 is 1.59 bits per heavy atom. The minimum Gasteiger partial charge on any atom is -0.475 e. The number of hydrogen-bond donors (Lipinski definition) is 1. The third-order valence-electron chi connectivity index (χ3n) is 3.06. The number of H-pyrrole nitrogens is 1. The lowest BCUT2D eigenvalue weighted by molar-refractivity contribution is -0.386. The van der Waals surface area contributed by atoms with Crippen LogP contribution in [0.25, 0.3) is 0 Å². The molecule has 2 aromatic rings. The van der Waals surface area contributed by atoms with Crippen LogP contribution in [0.3, 0.4) is 0 Å². The van der Waals surface area contributed by atoms with E-state index in [0.717, 1.165) is 6.54 Å². The van der Waals surface area contributed by atoms with Crippen molar-refractivity contribution in [3.63, 3.8) is 0 Å². The lowest BCUT2D eigenvalue weighted by atomic mass is 10.3.